The van der Waals surface area contributed by atoms with Crippen LogP contribution in [0.25, 0.3) is 0 Å². The summed E-state index contributed by atoms with van der Waals surface area (Å²) in [6.45, 7) is -1.17. The number of para-hydroxylation sites is 1. The fourth-order valence-corrected chi connectivity index (χ4v) is 1.83. The fraction of sp³-hybridized carbons (Fsp3) is 0.111. The van der Waals surface area contributed by atoms with Crippen molar-refractivity contribution in [3.8, 4) is 11.8 Å². The topological polar surface area (TPSA) is 118 Å². The van der Waals surface area contributed by atoms with E-state index < -0.39 is 36.9 Å². The zero-order chi connectivity index (χ0) is 19.6. The number of amides is 3. The Morgan fingerprint density at radius 2 is 1.74 bits per heavy atom. The van der Waals surface area contributed by atoms with E-state index in [0.29, 0.717) is 11.3 Å². The largest absolute Gasteiger partial charge is 0.482 e. The van der Waals surface area contributed by atoms with Crippen LogP contribution in [-0.4, -0.2) is 31.1 Å². The van der Waals surface area contributed by atoms with Gasteiger partial charge in [0.05, 0.1) is 17.3 Å². The number of carbonyl (C=O) groups is 3. The molecule has 2 N–H and O–H groups in total. The molecule has 3 amide bonds. The standard InChI is InChI=1S/C18H14FN3O5/c19-14-3-1-2-4-15(14)21-18(25)22-16(23)10-27-17(24)11-26-13-7-5-12(9-20)6-8-13/h1-8H,10-11H2,(H2,21,22,23,25). The molecule has 0 aliphatic heterocycles. The summed E-state index contributed by atoms with van der Waals surface area (Å²) >= 11 is 0. The van der Waals surface area contributed by atoms with Crippen molar-refractivity contribution >= 4 is 23.6 Å². The monoisotopic (exact) mass is 371 g/mol. The Morgan fingerprint density at radius 1 is 1.04 bits per heavy atom. The third-order valence-corrected chi connectivity index (χ3v) is 3.08. The van der Waals surface area contributed by atoms with Crippen LogP contribution < -0.4 is 15.4 Å². The predicted octanol–water partition coefficient (Wildman–Crippen LogP) is 1.97. The summed E-state index contributed by atoms with van der Waals surface area (Å²) in [5.74, 6) is -2.04. The van der Waals surface area contributed by atoms with Crippen molar-refractivity contribution in [2.45, 2.75) is 0 Å². The lowest BCUT2D eigenvalue weighted by atomic mass is 10.2. The van der Waals surface area contributed by atoms with E-state index in [2.05, 4.69) is 10.1 Å². The summed E-state index contributed by atoms with van der Waals surface area (Å²) in [6, 6.07) is 12.4. The average molecular weight is 371 g/mol. The lowest BCUT2D eigenvalue weighted by Crippen LogP contribution is -2.37. The van der Waals surface area contributed by atoms with Gasteiger partial charge in [-0.2, -0.15) is 5.26 Å². The Hall–Kier alpha value is -3.93. The molecule has 2 aromatic carbocycles. The minimum atomic E-state index is -0.963. The number of nitrogens with zero attached hydrogens (tertiary/aromatic N) is 1. The molecule has 2 aromatic rings. The van der Waals surface area contributed by atoms with Crippen molar-refractivity contribution in [3.63, 3.8) is 0 Å². The van der Waals surface area contributed by atoms with Gasteiger partial charge in [0.1, 0.15) is 11.6 Å². The van der Waals surface area contributed by atoms with Crippen molar-refractivity contribution in [2.75, 3.05) is 18.5 Å². The van der Waals surface area contributed by atoms with Crippen LogP contribution in [0.15, 0.2) is 48.5 Å². The molecule has 0 radical (unpaired) electrons. The van der Waals surface area contributed by atoms with Crippen molar-refractivity contribution in [1.82, 2.24) is 5.32 Å². The number of urea groups is 1. The SMILES string of the molecule is N#Cc1ccc(OCC(=O)OCC(=O)NC(=O)Nc2ccccc2F)cc1. The van der Waals surface area contributed by atoms with Crippen LogP contribution in [0.4, 0.5) is 14.9 Å². The highest BCUT2D eigenvalue weighted by atomic mass is 19.1. The van der Waals surface area contributed by atoms with E-state index in [1.807, 2.05) is 11.4 Å². The molecular formula is C18H14FN3O5. The number of esters is 1. The first-order chi connectivity index (χ1) is 13.0. The van der Waals surface area contributed by atoms with Crippen LogP contribution >= 0.6 is 0 Å². The van der Waals surface area contributed by atoms with E-state index in [9.17, 15) is 18.8 Å². The molecule has 8 nitrogen and oxygen atoms in total. The molecule has 0 aromatic heterocycles. The smallest absolute Gasteiger partial charge is 0.344 e. The summed E-state index contributed by atoms with van der Waals surface area (Å²) in [7, 11) is 0. The highest BCUT2D eigenvalue weighted by molar-refractivity contribution is 6.01. The Balaban J connectivity index is 1.69. The van der Waals surface area contributed by atoms with Crippen LogP contribution in [0.5, 0.6) is 5.75 Å². The molecular weight excluding hydrogens is 357 g/mol. The van der Waals surface area contributed by atoms with Crippen LogP contribution in [0.3, 0.4) is 0 Å². The maximum absolute atomic E-state index is 13.4. The second-order valence-corrected chi connectivity index (χ2v) is 5.07. The van der Waals surface area contributed by atoms with Gasteiger partial charge in [-0.3, -0.25) is 10.1 Å². The van der Waals surface area contributed by atoms with E-state index in [0.717, 1.165) is 6.07 Å². The maximum Gasteiger partial charge on any atom is 0.344 e. The van der Waals surface area contributed by atoms with E-state index in [1.54, 1.807) is 0 Å². The second kappa shape index (κ2) is 9.53. The third kappa shape index (κ3) is 6.47. The highest BCUT2D eigenvalue weighted by Crippen LogP contribution is 2.12. The van der Waals surface area contributed by atoms with Crippen LogP contribution in [-0.2, 0) is 14.3 Å². The quantitative estimate of drug-likeness (QED) is 0.750. The van der Waals surface area contributed by atoms with Gasteiger partial charge in [0.2, 0.25) is 0 Å². The first-order valence-corrected chi connectivity index (χ1v) is 7.62. The molecule has 0 bridgehead atoms. The van der Waals surface area contributed by atoms with Crippen molar-refractivity contribution in [2.24, 2.45) is 0 Å². The van der Waals surface area contributed by atoms with Gasteiger partial charge in [0.15, 0.2) is 13.2 Å². The summed E-state index contributed by atoms with van der Waals surface area (Å²) in [6.07, 6.45) is 0. The number of hydrogen-bond acceptors (Lipinski definition) is 6. The molecule has 9 heteroatoms. The number of nitrogens with one attached hydrogen (secondary N) is 2. The number of hydrogen-bond donors (Lipinski definition) is 2. The maximum atomic E-state index is 13.4. The Labute approximate surface area is 153 Å². The van der Waals surface area contributed by atoms with Crippen molar-refractivity contribution in [3.05, 3.63) is 59.9 Å². The summed E-state index contributed by atoms with van der Waals surface area (Å²) in [5, 5.41) is 12.7. The molecule has 0 atom stereocenters. The minimum Gasteiger partial charge on any atom is -0.482 e. The summed E-state index contributed by atoms with van der Waals surface area (Å²) < 4.78 is 23.2. The Kier molecular flexibility index (Phi) is 6.84. The normalized spacial score (nSPS) is 9.63. The van der Waals surface area contributed by atoms with Gasteiger partial charge < -0.3 is 14.8 Å². The molecule has 0 saturated heterocycles. The molecule has 0 saturated carbocycles. The zero-order valence-electron chi connectivity index (χ0n) is 13.9. The third-order valence-electron chi connectivity index (χ3n) is 3.08. The molecule has 138 valence electrons. The van der Waals surface area contributed by atoms with Crippen molar-refractivity contribution < 1.29 is 28.2 Å². The molecule has 27 heavy (non-hydrogen) atoms. The lowest BCUT2D eigenvalue weighted by Gasteiger charge is -2.08. The van der Waals surface area contributed by atoms with Gasteiger partial charge in [0.25, 0.3) is 5.91 Å². The number of ether oxygens (including phenoxy) is 2. The van der Waals surface area contributed by atoms with Gasteiger partial charge in [-0.15, -0.1) is 0 Å². The molecule has 0 aliphatic carbocycles. The lowest BCUT2D eigenvalue weighted by molar-refractivity contribution is -0.150. The first kappa shape index (κ1) is 19.4. The van der Waals surface area contributed by atoms with E-state index in [1.165, 1.54) is 42.5 Å². The number of carbonyl (C=O) groups excluding carboxylic acids is 3. The highest BCUT2D eigenvalue weighted by Gasteiger charge is 2.13. The zero-order valence-corrected chi connectivity index (χ0v) is 13.9. The summed E-state index contributed by atoms with van der Waals surface area (Å²) in [5.41, 5.74) is 0.339. The molecule has 0 spiro atoms. The Morgan fingerprint density at radius 3 is 2.41 bits per heavy atom. The summed E-state index contributed by atoms with van der Waals surface area (Å²) in [4.78, 5) is 34.7. The van der Waals surface area contributed by atoms with Crippen LogP contribution in [0, 0.1) is 17.1 Å². The second-order valence-electron chi connectivity index (χ2n) is 5.07. The number of rotatable bonds is 6. The van der Waals surface area contributed by atoms with Gasteiger partial charge in [-0.05, 0) is 36.4 Å². The number of nitriles is 1. The number of anilines is 1. The van der Waals surface area contributed by atoms with E-state index >= 15 is 0 Å². The minimum absolute atomic E-state index is 0.101. The van der Waals surface area contributed by atoms with Gasteiger partial charge in [-0.25, -0.2) is 14.0 Å². The molecule has 0 fully saturated rings. The Bertz CT molecular complexity index is 877. The molecule has 0 heterocycles. The van der Waals surface area contributed by atoms with Gasteiger partial charge in [0, 0.05) is 0 Å². The van der Waals surface area contributed by atoms with Gasteiger partial charge in [-0.1, -0.05) is 12.1 Å². The number of benzene rings is 2. The molecule has 2 rings (SSSR count). The van der Waals surface area contributed by atoms with Crippen LogP contribution in [0.2, 0.25) is 0 Å². The fourth-order valence-electron chi connectivity index (χ4n) is 1.83. The predicted molar refractivity (Wildman–Crippen MR) is 91.2 cm³/mol. The van der Waals surface area contributed by atoms with E-state index in [4.69, 9.17) is 10.00 Å². The number of halogens is 1. The number of imide groups is 1. The van der Waals surface area contributed by atoms with Gasteiger partial charge >= 0.3 is 12.0 Å². The van der Waals surface area contributed by atoms with Crippen LogP contribution in [0.1, 0.15) is 5.56 Å². The van der Waals surface area contributed by atoms with Crippen molar-refractivity contribution in [1.29, 1.82) is 5.26 Å². The molecule has 0 unspecified atom stereocenters. The molecule has 0 aliphatic rings. The average Bonchev–Trinajstić information content (AvgIpc) is 2.67. The van der Waals surface area contributed by atoms with E-state index in [-0.39, 0.29) is 5.69 Å². The first-order valence-electron chi connectivity index (χ1n) is 7.62.